The third-order valence-corrected chi connectivity index (χ3v) is 2.99. The molecule has 1 aliphatic heterocycles. The van der Waals surface area contributed by atoms with Crippen LogP contribution in [0.5, 0.6) is 11.5 Å². The summed E-state index contributed by atoms with van der Waals surface area (Å²) in [5, 5.41) is 21.6. The molecule has 5 nitrogen and oxygen atoms in total. The third-order valence-electron chi connectivity index (χ3n) is 2.99. The van der Waals surface area contributed by atoms with Crippen molar-refractivity contribution in [1.29, 1.82) is 0 Å². The summed E-state index contributed by atoms with van der Waals surface area (Å²) < 4.78 is 0. The molecule has 1 aliphatic rings. The van der Waals surface area contributed by atoms with E-state index in [1.54, 1.807) is 17.0 Å². The highest BCUT2D eigenvalue weighted by Gasteiger charge is 2.21. The number of hydrogen-bond acceptors (Lipinski definition) is 3. The van der Waals surface area contributed by atoms with Gasteiger partial charge < -0.3 is 20.4 Å². The molecular formula is C13H16N2O3. The van der Waals surface area contributed by atoms with Crippen LogP contribution in [0.2, 0.25) is 0 Å². The standard InChI is InChI=1S/C13H16N2O3/c1-2-4-14-13(18)15-5-3-9-6-11(16)12(17)7-10(9)8-15/h2,6-7,16-17H,1,3-5,8H2,(H,14,18). The monoisotopic (exact) mass is 248 g/mol. The van der Waals surface area contributed by atoms with E-state index in [2.05, 4.69) is 11.9 Å². The van der Waals surface area contributed by atoms with Gasteiger partial charge in [0.05, 0.1) is 0 Å². The molecule has 0 saturated heterocycles. The summed E-state index contributed by atoms with van der Waals surface area (Å²) in [5.41, 5.74) is 1.84. The molecule has 0 saturated carbocycles. The number of nitrogens with one attached hydrogen (secondary N) is 1. The summed E-state index contributed by atoms with van der Waals surface area (Å²) in [6.07, 6.45) is 2.30. The van der Waals surface area contributed by atoms with Gasteiger partial charge >= 0.3 is 6.03 Å². The number of aromatic hydroxyl groups is 2. The fraction of sp³-hybridized carbons (Fsp3) is 0.308. The van der Waals surface area contributed by atoms with Crippen molar-refractivity contribution in [2.45, 2.75) is 13.0 Å². The molecule has 2 rings (SSSR count). The average Bonchev–Trinajstić information content (AvgIpc) is 2.36. The van der Waals surface area contributed by atoms with Crippen molar-refractivity contribution in [3.8, 4) is 11.5 Å². The van der Waals surface area contributed by atoms with Crippen LogP contribution in [0.1, 0.15) is 11.1 Å². The second-order valence-corrected chi connectivity index (χ2v) is 4.26. The lowest BCUT2D eigenvalue weighted by Gasteiger charge is -2.29. The quantitative estimate of drug-likeness (QED) is 0.546. The number of rotatable bonds is 2. The van der Waals surface area contributed by atoms with E-state index >= 15 is 0 Å². The number of amides is 2. The molecule has 1 aromatic carbocycles. The largest absolute Gasteiger partial charge is 0.504 e. The maximum absolute atomic E-state index is 11.8. The van der Waals surface area contributed by atoms with Gasteiger partial charge in [-0.3, -0.25) is 0 Å². The molecular weight excluding hydrogens is 232 g/mol. The van der Waals surface area contributed by atoms with Gasteiger partial charge in [0, 0.05) is 19.6 Å². The Morgan fingerprint density at radius 3 is 2.72 bits per heavy atom. The first-order valence-electron chi connectivity index (χ1n) is 5.79. The molecule has 96 valence electrons. The van der Waals surface area contributed by atoms with E-state index < -0.39 is 0 Å². The summed E-state index contributed by atoms with van der Waals surface area (Å²) in [6, 6.07) is 2.93. The van der Waals surface area contributed by atoms with Crippen LogP contribution in [0, 0.1) is 0 Å². The molecule has 1 heterocycles. The molecule has 0 aromatic heterocycles. The molecule has 0 aliphatic carbocycles. The van der Waals surface area contributed by atoms with E-state index in [0.29, 0.717) is 26.1 Å². The van der Waals surface area contributed by atoms with Crippen LogP contribution < -0.4 is 5.32 Å². The van der Waals surface area contributed by atoms with Crippen LogP contribution in [0.4, 0.5) is 4.79 Å². The molecule has 0 unspecified atom stereocenters. The lowest BCUT2D eigenvalue weighted by Crippen LogP contribution is -2.42. The molecule has 0 spiro atoms. The molecule has 2 amide bonds. The van der Waals surface area contributed by atoms with Crippen molar-refractivity contribution in [3.63, 3.8) is 0 Å². The zero-order chi connectivity index (χ0) is 13.1. The number of nitrogens with zero attached hydrogens (tertiary/aromatic N) is 1. The first-order chi connectivity index (χ1) is 8.61. The van der Waals surface area contributed by atoms with Crippen molar-refractivity contribution in [2.75, 3.05) is 13.1 Å². The van der Waals surface area contributed by atoms with Crippen LogP contribution in [-0.2, 0) is 13.0 Å². The van der Waals surface area contributed by atoms with Crippen molar-refractivity contribution in [2.24, 2.45) is 0 Å². The highest BCUT2D eigenvalue weighted by molar-refractivity contribution is 5.74. The highest BCUT2D eigenvalue weighted by atomic mass is 16.3. The number of urea groups is 1. The van der Waals surface area contributed by atoms with Gasteiger partial charge in [-0.15, -0.1) is 6.58 Å². The number of carbonyl (C=O) groups excluding carboxylic acids is 1. The summed E-state index contributed by atoms with van der Waals surface area (Å²) >= 11 is 0. The zero-order valence-corrected chi connectivity index (χ0v) is 10.0. The number of hydrogen-bond donors (Lipinski definition) is 3. The Bertz CT molecular complexity index is 485. The maximum Gasteiger partial charge on any atom is 0.317 e. The van der Waals surface area contributed by atoms with Gasteiger partial charge in [-0.25, -0.2) is 4.79 Å². The SMILES string of the molecule is C=CCNC(=O)N1CCc2cc(O)c(O)cc2C1. The Morgan fingerprint density at radius 1 is 1.39 bits per heavy atom. The van der Waals surface area contributed by atoms with Gasteiger partial charge in [-0.1, -0.05) is 6.08 Å². The van der Waals surface area contributed by atoms with Gasteiger partial charge in [0.15, 0.2) is 11.5 Å². The summed E-state index contributed by atoms with van der Waals surface area (Å²) in [5.74, 6) is -0.264. The van der Waals surface area contributed by atoms with E-state index in [0.717, 1.165) is 11.1 Å². The second-order valence-electron chi connectivity index (χ2n) is 4.26. The minimum Gasteiger partial charge on any atom is -0.504 e. The Hall–Kier alpha value is -2.17. The predicted molar refractivity (Wildman–Crippen MR) is 67.5 cm³/mol. The van der Waals surface area contributed by atoms with Crippen molar-refractivity contribution >= 4 is 6.03 Å². The molecule has 0 radical (unpaired) electrons. The molecule has 3 N–H and O–H groups in total. The van der Waals surface area contributed by atoms with E-state index in [4.69, 9.17) is 0 Å². The molecule has 0 bridgehead atoms. The zero-order valence-electron chi connectivity index (χ0n) is 10.0. The lowest BCUT2D eigenvalue weighted by molar-refractivity contribution is 0.193. The van der Waals surface area contributed by atoms with Gasteiger partial charge in [0.25, 0.3) is 0 Å². The Kier molecular flexibility index (Phi) is 3.41. The van der Waals surface area contributed by atoms with Gasteiger partial charge in [-0.05, 0) is 29.7 Å². The Morgan fingerprint density at radius 2 is 2.06 bits per heavy atom. The molecule has 18 heavy (non-hydrogen) atoms. The van der Waals surface area contributed by atoms with Crippen molar-refractivity contribution in [3.05, 3.63) is 35.9 Å². The molecule has 0 fully saturated rings. The van der Waals surface area contributed by atoms with E-state index in [1.807, 2.05) is 0 Å². The van der Waals surface area contributed by atoms with Gasteiger partial charge in [-0.2, -0.15) is 0 Å². The van der Waals surface area contributed by atoms with Gasteiger partial charge in [0.1, 0.15) is 0 Å². The summed E-state index contributed by atoms with van der Waals surface area (Å²) in [7, 11) is 0. The van der Waals surface area contributed by atoms with Crippen LogP contribution >= 0.6 is 0 Å². The summed E-state index contributed by atoms with van der Waals surface area (Å²) in [4.78, 5) is 13.4. The fourth-order valence-corrected chi connectivity index (χ4v) is 2.03. The number of fused-ring (bicyclic) bond motifs is 1. The van der Waals surface area contributed by atoms with E-state index in [9.17, 15) is 15.0 Å². The van der Waals surface area contributed by atoms with E-state index in [1.165, 1.54) is 6.07 Å². The molecule has 1 aromatic rings. The molecule has 0 atom stereocenters. The number of phenols is 2. The normalized spacial score (nSPS) is 13.9. The van der Waals surface area contributed by atoms with Crippen LogP contribution in [0.15, 0.2) is 24.8 Å². The minimum atomic E-state index is -0.151. The topological polar surface area (TPSA) is 72.8 Å². The minimum absolute atomic E-state index is 0.113. The van der Waals surface area contributed by atoms with Crippen LogP contribution in [0.3, 0.4) is 0 Å². The lowest BCUT2D eigenvalue weighted by atomic mass is 9.99. The summed E-state index contributed by atoms with van der Waals surface area (Å²) in [6.45, 7) is 5.01. The van der Waals surface area contributed by atoms with Crippen molar-refractivity contribution < 1.29 is 15.0 Å². The van der Waals surface area contributed by atoms with Crippen LogP contribution in [-0.4, -0.2) is 34.2 Å². The number of phenolic OH excluding ortho intramolecular Hbond substituents is 2. The predicted octanol–water partition coefficient (Wildman–Crippen LogP) is 1.35. The molecule has 5 heteroatoms. The Labute approximate surface area is 105 Å². The van der Waals surface area contributed by atoms with E-state index in [-0.39, 0.29) is 17.5 Å². The first kappa shape index (κ1) is 12.3. The Balaban J connectivity index is 2.12. The average molecular weight is 248 g/mol. The van der Waals surface area contributed by atoms with Crippen molar-refractivity contribution in [1.82, 2.24) is 10.2 Å². The van der Waals surface area contributed by atoms with Crippen LogP contribution in [0.25, 0.3) is 0 Å². The maximum atomic E-state index is 11.8. The van der Waals surface area contributed by atoms with Gasteiger partial charge in [0.2, 0.25) is 0 Å². The highest BCUT2D eigenvalue weighted by Crippen LogP contribution is 2.31. The smallest absolute Gasteiger partial charge is 0.317 e. The fourth-order valence-electron chi connectivity index (χ4n) is 2.03. The number of carbonyl (C=O) groups is 1. The third kappa shape index (κ3) is 2.40. The number of benzene rings is 1. The second kappa shape index (κ2) is 5.00. The first-order valence-corrected chi connectivity index (χ1v) is 5.79.